The summed E-state index contributed by atoms with van der Waals surface area (Å²) in [4.78, 5) is 5.75. The van der Waals surface area contributed by atoms with Crippen LogP contribution in [0.2, 0.25) is 0 Å². The average molecular weight is 277 g/mol. The molecule has 0 fully saturated rings. The first-order chi connectivity index (χ1) is 7.19. The molecule has 0 aliphatic carbocycles. The third-order valence-corrected chi connectivity index (χ3v) is 2.39. The van der Waals surface area contributed by atoms with Crippen molar-refractivity contribution in [3.05, 3.63) is 22.6 Å². The lowest BCUT2D eigenvalue weighted by molar-refractivity contribution is 0.301. The zero-order valence-electron chi connectivity index (χ0n) is 8.58. The van der Waals surface area contributed by atoms with E-state index in [9.17, 15) is 4.39 Å². The zero-order valence-corrected chi connectivity index (χ0v) is 10.2. The molecular weight excluding hydrogens is 263 g/mol. The Morgan fingerprint density at radius 1 is 1.53 bits per heavy atom. The first kappa shape index (κ1) is 12.4. The van der Waals surface area contributed by atoms with Crippen molar-refractivity contribution in [3.8, 4) is 0 Å². The van der Waals surface area contributed by atoms with E-state index in [1.165, 1.54) is 6.07 Å². The Morgan fingerprint density at radius 3 is 2.80 bits per heavy atom. The molecule has 1 N–H and O–H groups in total. The normalized spacial score (nSPS) is 10.4. The second kappa shape index (κ2) is 6.02. The van der Waals surface area contributed by atoms with Crippen LogP contribution in [-0.2, 0) is 0 Å². The van der Waals surface area contributed by atoms with Crippen molar-refractivity contribution >= 4 is 21.7 Å². The van der Waals surface area contributed by atoms with E-state index in [-0.39, 0.29) is 12.4 Å². The van der Waals surface area contributed by atoms with E-state index in [4.69, 9.17) is 5.11 Å². The molecule has 0 unspecified atom stereocenters. The predicted molar refractivity (Wildman–Crippen MR) is 61.5 cm³/mol. The molecule has 0 saturated heterocycles. The summed E-state index contributed by atoms with van der Waals surface area (Å²) in [5.74, 6) is -0.0691. The molecule has 0 spiro atoms. The number of anilines is 1. The quantitative estimate of drug-likeness (QED) is 0.896. The Labute approximate surface area is 97.1 Å². The Kier molecular flexibility index (Phi) is 4.98. The monoisotopic (exact) mass is 276 g/mol. The smallest absolute Gasteiger partial charge is 0.166 e. The molecule has 0 aliphatic rings. The zero-order chi connectivity index (χ0) is 11.3. The Morgan fingerprint density at radius 2 is 2.27 bits per heavy atom. The van der Waals surface area contributed by atoms with Crippen molar-refractivity contribution in [1.29, 1.82) is 0 Å². The number of aromatic nitrogens is 1. The van der Waals surface area contributed by atoms with Gasteiger partial charge in [0.1, 0.15) is 0 Å². The third kappa shape index (κ3) is 3.43. The van der Waals surface area contributed by atoms with Gasteiger partial charge in [0.25, 0.3) is 0 Å². The number of halogens is 2. The van der Waals surface area contributed by atoms with Crippen LogP contribution in [0, 0.1) is 5.82 Å². The van der Waals surface area contributed by atoms with Gasteiger partial charge in [-0.3, -0.25) is 0 Å². The highest BCUT2D eigenvalue weighted by atomic mass is 79.9. The molecule has 1 aromatic rings. The molecule has 84 valence electrons. The minimum atomic E-state index is -0.369. The van der Waals surface area contributed by atoms with Gasteiger partial charge in [0.2, 0.25) is 0 Å². The van der Waals surface area contributed by atoms with Crippen LogP contribution in [0.15, 0.2) is 16.7 Å². The van der Waals surface area contributed by atoms with Crippen LogP contribution >= 0.6 is 15.9 Å². The van der Waals surface area contributed by atoms with E-state index in [0.717, 1.165) is 6.42 Å². The van der Waals surface area contributed by atoms with Crippen molar-refractivity contribution in [3.63, 3.8) is 0 Å². The van der Waals surface area contributed by atoms with Crippen molar-refractivity contribution < 1.29 is 9.50 Å². The van der Waals surface area contributed by atoms with Crippen LogP contribution in [0.5, 0.6) is 0 Å². The van der Waals surface area contributed by atoms with E-state index in [1.54, 1.807) is 11.1 Å². The molecule has 0 radical (unpaired) electrons. The fourth-order valence-electron chi connectivity index (χ4n) is 1.35. The summed E-state index contributed by atoms with van der Waals surface area (Å²) in [6.45, 7) is 3.09. The van der Waals surface area contributed by atoms with Crippen LogP contribution in [0.25, 0.3) is 0 Å². The van der Waals surface area contributed by atoms with Crippen LogP contribution in [-0.4, -0.2) is 29.8 Å². The van der Waals surface area contributed by atoms with E-state index in [1.807, 2.05) is 6.92 Å². The lowest BCUT2D eigenvalue weighted by Crippen LogP contribution is -2.29. The fourth-order valence-corrected chi connectivity index (χ4v) is 1.66. The van der Waals surface area contributed by atoms with Gasteiger partial charge in [0, 0.05) is 23.8 Å². The molecule has 3 nitrogen and oxygen atoms in total. The molecule has 15 heavy (non-hydrogen) atoms. The Balaban J connectivity index is 2.89. The number of aliphatic hydroxyl groups excluding tert-OH is 1. The summed E-state index contributed by atoms with van der Waals surface area (Å²) in [6.07, 6.45) is 2.44. The van der Waals surface area contributed by atoms with Crippen molar-refractivity contribution in [2.24, 2.45) is 0 Å². The van der Waals surface area contributed by atoms with Crippen LogP contribution < -0.4 is 4.90 Å². The molecule has 1 aromatic heterocycles. The number of hydrogen-bond donors (Lipinski definition) is 1. The summed E-state index contributed by atoms with van der Waals surface area (Å²) in [5.41, 5.74) is 0. The van der Waals surface area contributed by atoms with Gasteiger partial charge in [0.15, 0.2) is 11.6 Å². The fraction of sp³-hybridized carbons (Fsp3) is 0.500. The van der Waals surface area contributed by atoms with Crippen molar-refractivity contribution in [2.45, 2.75) is 13.3 Å². The molecule has 1 heterocycles. The highest BCUT2D eigenvalue weighted by Gasteiger charge is 2.12. The lowest BCUT2D eigenvalue weighted by atomic mass is 10.3. The average Bonchev–Trinajstić information content (AvgIpc) is 2.17. The van der Waals surface area contributed by atoms with E-state index in [0.29, 0.717) is 23.4 Å². The van der Waals surface area contributed by atoms with E-state index >= 15 is 0 Å². The molecule has 0 aromatic carbocycles. The molecule has 0 aliphatic heterocycles. The molecule has 0 saturated carbocycles. The molecule has 0 atom stereocenters. The minimum absolute atomic E-state index is 0.00279. The number of pyridine rings is 1. The van der Waals surface area contributed by atoms with Crippen LogP contribution in [0.1, 0.15) is 13.3 Å². The molecule has 0 amide bonds. The SMILES string of the molecule is CCCN(CCO)c1ncc(Br)cc1F. The second-order valence-corrected chi connectivity index (χ2v) is 4.09. The van der Waals surface area contributed by atoms with E-state index in [2.05, 4.69) is 20.9 Å². The summed E-state index contributed by atoms with van der Waals surface area (Å²) in [5, 5.41) is 8.87. The van der Waals surface area contributed by atoms with Gasteiger partial charge in [0.05, 0.1) is 6.61 Å². The van der Waals surface area contributed by atoms with Gasteiger partial charge in [-0.1, -0.05) is 6.92 Å². The van der Waals surface area contributed by atoms with Gasteiger partial charge in [-0.15, -0.1) is 0 Å². The minimum Gasteiger partial charge on any atom is -0.395 e. The third-order valence-electron chi connectivity index (χ3n) is 1.95. The molecule has 0 bridgehead atoms. The summed E-state index contributed by atoms with van der Waals surface area (Å²) in [7, 11) is 0. The molecule has 5 heteroatoms. The highest BCUT2D eigenvalue weighted by molar-refractivity contribution is 9.10. The maximum absolute atomic E-state index is 13.5. The van der Waals surface area contributed by atoms with Gasteiger partial charge in [-0.05, 0) is 28.4 Å². The lowest BCUT2D eigenvalue weighted by Gasteiger charge is -2.22. The largest absolute Gasteiger partial charge is 0.395 e. The van der Waals surface area contributed by atoms with Gasteiger partial charge >= 0.3 is 0 Å². The van der Waals surface area contributed by atoms with Crippen molar-refractivity contribution in [1.82, 2.24) is 4.98 Å². The maximum Gasteiger partial charge on any atom is 0.166 e. The molecular formula is C10H14BrFN2O. The summed E-state index contributed by atoms with van der Waals surface area (Å²) >= 11 is 3.15. The number of aliphatic hydroxyl groups is 1. The topological polar surface area (TPSA) is 36.4 Å². The van der Waals surface area contributed by atoms with Gasteiger partial charge < -0.3 is 10.0 Å². The first-order valence-electron chi connectivity index (χ1n) is 4.86. The number of nitrogens with zero attached hydrogens (tertiary/aromatic N) is 2. The van der Waals surface area contributed by atoms with E-state index < -0.39 is 0 Å². The predicted octanol–water partition coefficient (Wildman–Crippen LogP) is 2.19. The second-order valence-electron chi connectivity index (χ2n) is 3.17. The maximum atomic E-state index is 13.5. The Hall–Kier alpha value is -0.680. The van der Waals surface area contributed by atoms with Crippen LogP contribution in [0.3, 0.4) is 0 Å². The van der Waals surface area contributed by atoms with Crippen molar-refractivity contribution in [2.75, 3.05) is 24.6 Å². The van der Waals surface area contributed by atoms with Gasteiger partial charge in [-0.2, -0.15) is 0 Å². The van der Waals surface area contributed by atoms with Gasteiger partial charge in [-0.25, -0.2) is 9.37 Å². The summed E-state index contributed by atoms with van der Waals surface area (Å²) in [6, 6.07) is 1.38. The molecule has 1 rings (SSSR count). The Bertz CT molecular complexity index is 316. The van der Waals surface area contributed by atoms with Crippen LogP contribution in [0.4, 0.5) is 10.2 Å². The summed E-state index contributed by atoms with van der Waals surface area (Å²) < 4.78 is 14.1. The number of hydrogen-bond acceptors (Lipinski definition) is 3. The highest BCUT2D eigenvalue weighted by Crippen LogP contribution is 2.19. The standard InChI is InChI=1S/C10H14BrFN2O/c1-2-3-14(4-5-15)10-9(12)6-8(11)7-13-10/h6-7,15H,2-5H2,1H3. The first-order valence-corrected chi connectivity index (χ1v) is 5.65. The number of rotatable bonds is 5.